The minimum atomic E-state index is 0.550. The summed E-state index contributed by atoms with van der Waals surface area (Å²) in [7, 11) is 1.00. The van der Waals surface area contributed by atoms with E-state index in [1.807, 2.05) is 0 Å². The molecule has 2 atom stereocenters. The van der Waals surface area contributed by atoms with E-state index in [1.165, 1.54) is 57.9 Å². The van der Waals surface area contributed by atoms with E-state index in [1.54, 1.807) is 6.21 Å². The highest BCUT2D eigenvalue weighted by Gasteiger charge is 2.35. The molecule has 2 saturated carbocycles. The Kier molecular flexibility index (Phi) is 6.46. The monoisotopic (exact) mass is 282 g/mol. The van der Waals surface area contributed by atoms with Crippen LogP contribution in [0.1, 0.15) is 51.4 Å². The summed E-state index contributed by atoms with van der Waals surface area (Å²) in [5.41, 5.74) is 0. The van der Waals surface area contributed by atoms with Gasteiger partial charge in [-0.25, -0.2) is 0 Å². The number of hydrogen-bond acceptors (Lipinski definition) is 4. The first kappa shape index (κ1) is 15.9. The maximum atomic E-state index is 7.36. The summed E-state index contributed by atoms with van der Waals surface area (Å²) in [6.07, 6.45) is 12.6. The molecular weight excluding hydrogens is 252 g/mol. The molecule has 0 aromatic carbocycles. The zero-order valence-electron chi connectivity index (χ0n) is 12.8. The third-order valence-corrected chi connectivity index (χ3v) is 5.26. The molecule has 0 aromatic heterocycles. The van der Waals surface area contributed by atoms with Gasteiger partial charge in [0.15, 0.2) is 0 Å². The normalized spacial score (nSPS) is 38.3. The van der Waals surface area contributed by atoms with Crippen LogP contribution in [0.5, 0.6) is 0 Å². The quantitative estimate of drug-likeness (QED) is 0.766. The van der Waals surface area contributed by atoms with Crippen molar-refractivity contribution in [2.45, 2.75) is 63.5 Å². The number of hydrogen-bond donors (Lipinski definition) is 2. The van der Waals surface area contributed by atoms with Crippen molar-refractivity contribution in [3.8, 4) is 0 Å². The molecule has 2 unspecified atom stereocenters. The summed E-state index contributed by atoms with van der Waals surface area (Å²) >= 11 is 0. The van der Waals surface area contributed by atoms with E-state index in [-0.39, 0.29) is 0 Å². The fourth-order valence-electron chi connectivity index (χ4n) is 4.04. The minimum absolute atomic E-state index is 0.550. The molecule has 0 bridgehead atoms. The lowest BCUT2D eigenvalue weighted by molar-refractivity contribution is -0.133. The van der Waals surface area contributed by atoms with Gasteiger partial charge in [0.1, 0.15) is 0 Å². The van der Waals surface area contributed by atoms with E-state index in [0.717, 1.165) is 25.8 Å². The maximum Gasteiger partial charge on any atom is 0.0996 e. The predicted octanol–water partition coefficient (Wildman–Crippen LogP) is 2.65. The number of rotatable bonds is 2. The van der Waals surface area contributed by atoms with Crippen LogP contribution in [0, 0.1) is 17.2 Å². The highest BCUT2D eigenvalue weighted by Crippen LogP contribution is 2.34. The molecule has 20 heavy (non-hydrogen) atoms. The van der Waals surface area contributed by atoms with E-state index >= 15 is 0 Å². The molecule has 3 aliphatic rings. The molecule has 2 N–H and O–H groups in total. The van der Waals surface area contributed by atoms with Crippen LogP contribution in [0.25, 0.3) is 0 Å². The van der Waals surface area contributed by atoms with Crippen LogP contribution in [0.3, 0.4) is 0 Å². The largest absolute Gasteiger partial charge is 0.400 e. The molecule has 3 rings (SSSR count). The zero-order chi connectivity index (χ0) is 14.4. The highest BCUT2D eigenvalue weighted by molar-refractivity contribution is 5.56. The van der Waals surface area contributed by atoms with E-state index in [4.69, 9.17) is 15.3 Å². The first-order valence-corrected chi connectivity index (χ1v) is 8.18. The molecule has 0 amide bonds. The van der Waals surface area contributed by atoms with Crippen molar-refractivity contribution < 1.29 is 9.84 Å². The van der Waals surface area contributed by atoms with Gasteiger partial charge in [-0.05, 0) is 56.6 Å². The van der Waals surface area contributed by atoms with Crippen LogP contribution >= 0.6 is 0 Å². The van der Waals surface area contributed by atoms with Crippen LogP contribution < -0.4 is 0 Å². The number of aliphatic hydroxyl groups excluding tert-OH is 1. The van der Waals surface area contributed by atoms with Gasteiger partial charge in [-0.15, -0.1) is 0 Å². The third kappa shape index (κ3) is 3.80. The second-order valence-corrected chi connectivity index (χ2v) is 6.39. The molecule has 1 heterocycles. The number of ether oxygens (including phenoxy) is 1. The van der Waals surface area contributed by atoms with Crippen molar-refractivity contribution >= 4 is 6.21 Å². The molecule has 0 aromatic rings. The van der Waals surface area contributed by atoms with E-state index in [9.17, 15) is 0 Å². The summed E-state index contributed by atoms with van der Waals surface area (Å²) in [4.78, 5) is 2.59. The van der Waals surface area contributed by atoms with Crippen LogP contribution in [-0.4, -0.2) is 48.8 Å². The number of fused-ring (bicyclic) bond motifs is 1. The van der Waals surface area contributed by atoms with Gasteiger partial charge < -0.3 is 15.3 Å². The molecule has 0 spiro atoms. The van der Waals surface area contributed by atoms with Crippen molar-refractivity contribution in [1.29, 1.82) is 5.41 Å². The third-order valence-electron chi connectivity index (χ3n) is 5.26. The maximum absolute atomic E-state index is 7.36. The van der Waals surface area contributed by atoms with Crippen LogP contribution in [0.4, 0.5) is 0 Å². The molecule has 1 saturated heterocycles. The van der Waals surface area contributed by atoms with Crippen molar-refractivity contribution in [1.82, 2.24) is 4.90 Å². The van der Waals surface area contributed by atoms with Gasteiger partial charge >= 0.3 is 0 Å². The van der Waals surface area contributed by atoms with Crippen molar-refractivity contribution in [3.05, 3.63) is 0 Å². The standard InChI is InChI=1S/C15H26N2O.CH4O/c16-9-12-5-7-14(8-6-12)17-10-13-3-1-2-4-15(13)18-11-17;1-2/h9,12-16H,1-8,10-11H2;2H,1H3. The Morgan fingerprint density at radius 3 is 2.45 bits per heavy atom. The van der Waals surface area contributed by atoms with Crippen molar-refractivity contribution in [2.75, 3.05) is 20.4 Å². The summed E-state index contributed by atoms with van der Waals surface area (Å²) in [5.74, 6) is 1.35. The Bertz CT molecular complexity index is 290. The van der Waals surface area contributed by atoms with Gasteiger partial charge in [0, 0.05) is 19.7 Å². The average Bonchev–Trinajstić information content (AvgIpc) is 2.56. The van der Waals surface area contributed by atoms with E-state index in [0.29, 0.717) is 12.0 Å². The molecule has 2 aliphatic carbocycles. The summed E-state index contributed by atoms with van der Waals surface area (Å²) in [5, 5.41) is 14.4. The fraction of sp³-hybridized carbons (Fsp3) is 0.938. The smallest absolute Gasteiger partial charge is 0.0996 e. The fourth-order valence-corrected chi connectivity index (χ4v) is 4.04. The van der Waals surface area contributed by atoms with Crippen molar-refractivity contribution in [3.63, 3.8) is 0 Å². The number of nitrogens with one attached hydrogen (secondary N) is 1. The zero-order valence-corrected chi connectivity index (χ0v) is 12.8. The molecule has 4 heteroatoms. The van der Waals surface area contributed by atoms with Gasteiger partial charge in [0.2, 0.25) is 0 Å². The number of aliphatic hydroxyl groups is 1. The van der Waals surface area contributed by atoms with E-state index < -0.39 is 0 Å². The topological polar surface area (TPSA) is 56.5 Å². The summed E-state index contributed by atoms with van der Waals surface area (Å²) in [6.45, 7) is 2.13. The molecule has 4 nitrogen and oxygen atoms in total. The van der Waals surface area contributed by atoms with Crippen LogP contribution in [-0.2, 0) is 4.74 Å². The van der Waals surface area contributed by atoms with E-state index in [2.05, 4.69) is 4.90 Å². The molecule has 1 aliphatic heterocycles. The van der Waals surface area contributed by atoms with Gasteiger partial charge in [-0.2, -0.15) is 0 Å². The van der Waals surface area contributed by atoms with Crippen LogP contribution in [0.2, 0.25) is 0 Å². The summed E-state index contributed by atoms with van der Waals surface area (Å²) in [6, 6.07) is 0.726. The predicted molar refractivity (Wildman–Crippen MR) is 81.1 cm³/mol. The molecule has 0 radical (unpaired) electrons. The van der Waals surface area contributed by atoms with Crippen LogP contribution in [0.15, 0.2) is 0 Å². The second kappa shape index (κ2) is 8.11. The average molecular weight is 282 g/mol. The Morgan fingerprint density at radius 1 is 1.05 bits per heavy atom. The lowest BCUT2D eigenvalue weighted by atomic mass is 9.82. The van der Waals surface area contributed by atoms with Crippen molar-refractivity contribution in [2.24, 2.45) is 11.8 Å². The number of nitrogens with zero attached hydrogens (tertiary/aromatic N) is 1. The van der Waals surface area contributed by atoms with Gasteiger partial charge in [0.05, 0.1) is 12.8 Å². The molecule has 3 fully saturated rings. The first-order chi connectivity index (χ1) is 9.86. The van der Waals surface area contributed by atoms with Gasteiger partial charge in [0.25, 0.3) is 0 Å². The van der Waals surface area contributed by atoms with Gasteiger partial charge in [-0.3, -0.25) is 4.90 Å². The SMILES string of the molecule is CO.N=CC1CCC(N2COC3CCCCC3C2)CC1. The summed E-state index contributed by atoms with van der Waals surface area (Å²) < 4.78 is 6.08. The molecular formula is C16H30N2O2. The Hall–Kier alpha value is -0.450. The van der Waals surface area contributed by atoms with Gasteiger partial charge in [-0.1, -0.05) is 12.8 Å². The molecule has 116 valence electrons. The first-order valence-electron chi connectivity index (χ1n) is 8.18. The Labute approximate surface area is 123 Å². The second-order valence-electron chi connectivity index (χ2n) is 6.39. The minimum Gasteiger partial charge on any atom is -0.400 e. The Balaban J connectivity index is 0.000000704. The lowest BCUT2D eigenvalue weighted by Crippen LogP contribution is -2.51. The Morgan fingerprint density at radius 2 is 1.75 bits per heavy atom. The lowest BCUT2D eigenvalue weighted by Gasteiger charge is -2.45. The highest BCUT2D eigenvalue weighted by atomic mass is 16.5.